The summed E-state index contributed by atoms with van der Waals surface area (Å²) < 4.78 is 22.6. The summed E-state index contributed by atoms with van der Waals surface area (Å²) in [6.07, 6.45) is 1.11. The monoisotopic (exact) mass is 262 g/mol. The number of hydrogen-bond donors (Lipinski definition) is 3. The van der Waals surface area contributed by atoms with Gasteiger partial charge in [0.15, 0.2) is 9.84 Å². The number of sulfone groups is 1. The van der Waals surface area contributed by atoms with E-state index in [2.05, 4.69) is 10.6 Å². The van der Waals surface area contributed by atoms with Crippen molar-refractivity contribution in [3.8, 4) is 0 Å². The number of carbonyl (C=O) groups excluding carboxylic acids is 1. The zero-order valence-electron chi connectivity index (χ0n) is 9.72. The molecule has 98 valence electrons. The van der Waals surface area contributed by atoms with Gasteiger partial charge in [0.2, 0.25) is 5.91 Å². The van der Waals surface area contributed by atoms with Crippen molar-refractivity contribution in [2.24, 2.45) is 0 Å². The summed E-state index contributed by atoms with van der Waals surface area (Å²) in [5.74, 6) is -0.458. The third-order valence-corrected chi connectivity index (χ3v) is 4.82. The molecule has 0 radical (unpaired) electrons. The second-order valence-corrected chi connectivity index (χ2v) is 7.08. The molecule has 3 N–H and O–H groups in total. The minimum Gasteiger partial charge on any atom is -0.390 e. The van der Waals surface area contributed by atoms with E-state index in [0.717, 1.165) is 12.8 Å². The average Bonchev–Trinajstić information content (AvgIpc) is 2.94. The summed E-state index contributed by atoms with van der Waals surface area (Å²) >= 11 is 0. The highest BCUT2D eigenvalue weighted by atomic mass is 32.2. The Morgan fingerprint density at radius 2 is 2.00 bits per heavy atom. The van der Waals surface area contributed by atoms with Crippen LogP contribution in [0, 0.1) is 0 Å². The second kappa shape index (κ2) is 4.55. The molecule has 2 fully saturated rings. The van der Waals surface area contributed by atoms with E-state index in [9.17, 15) is 18.3 Å². The fourth-order valence-corrected chi connectivity index (χ4v) is 3.69. The van der Waals surface area contributed by atoms with Crippen LogP contribution in [0.1, 0.15) is 19.8 Å². The quantitative estimate of drug-likeness (QED) is 0.567. The van der Waals surface area contributed by atoms with Crippen molar-refractivity contribution in [1.82, 2.24) is 10.6 Å². The van der Waals surface area contributed by atoms with Gasteiger partial charge in [0.25, 0.3) is 0 Å². The van der Waals surface area contributed by atoms with Crippen LogP contribution in [0.4, 0.5) is 0 Å². The number of carbonyl (C=O) groups is 1. The first-order chi connectivity index (χ1) is 7.87. The molecule has 1 aliphatic carbocycles. The smallest absolute Gasteiger partial charge is 0.237 e. The highest BCUT2D eigenvalue weighted by Crippen LogP contribution is 2.19. The van der Waals surface area contributed by atoms with Crippen LogP contribution in [-0.4, -0.2) is 55.2 Å². The standard InChI is InChI=1S/C10H18N2O4S/c1-6(10(14)12-7-2-3-7)11-8-4-17(15,16)5-9(8)13/h6-9,11,13H,2-5H2,1H3,(H,12,14). The van der Waals surface area contributed by atoms with Crippen LogP contribution in [-0.2, 0) is 14.6 Å². The first-order valence-corrected chi connectivity index (χ1v) is 7.64. The first-order valence-electron chi connectivity index (χ1n) is 5.82. The summed E-state index contributed by atoms with van der Waals surface area (Å²) in [5.41, 5.74) is 0. The maximum absolute atomic E-state index is 11.6. The predicted octanol–water partition coefficient (Wildman–Crippen LogP) is -1.60. The molecule has 0 aromatic rings. The lowest BCUT2D eigenvalue weighted by molar-refractivity contribution is -0.123. The van der Waals surface area contributed by atoms with Gasteiger partial charge in [-0.25, -0.2) is 8.42 Å². The second-order valence-electron chi connectivity index (χ2n) is 4.92. The van der Waals surface area contributed by atoms with E-state index in [4.69, 9.17) is 0 Å². The SMILES string of the molecule is CC(NC1CS(=O)(=O)CC1O)C(=O)NC1CC1. The van der Waals surface area contributed by atoms with Crippen LogP contribution in [0.25, 0.3) is 0 Å². The maximum atomic E-state index is 11.6. The summed E-state index contributed by atoms with van der Waals surface area (Å²) in [5, 5.41) is 15.3. The van der Waals surface area contributed by atoms with Crippen LogP contribution >= 0.6 is 0 Å². The van der Waals surface area contributed by atoms with Crippen LogP contribution in [0.15, 0.2) is 0 Å². The number of amides is 1. The first kappa shape index (κ1) is 12.8. The molecule has 0 spiro atoms. The fraction of sp³-hybridized carbons (Fsp3) is 0.900. The van der Waals surface area contributed by atoms with Crippen LogP contribution in [0.5, 0.6) is 0 Å². The van der Waals surface area contributed by atoms with Gasteiger partial charge in [0.1, 0.15) is 0 Å². The minimum atomic E-state index is -3.17. The molecule has 0 aromatic heterocycles. The number of aliphatic hydroxyl groups excluding tert-OH is 1. The van der Waals surface area contributed by atoms with Crippen LogP contribution in [0.3, 0.4) is 0 Å². The Morgan fingerprint density at radius 3 is 2.47 bits per heavy atom. The molecule has 3 atom stereocenters. The molecule has 1 amide bonds. The third-order valence-electron chi connectivity index (χ3n) is 3.10. The fourth-order valence-electron chi connectivity index (χ4n) is 1.94. The Kier molecular flexibility index (Phi) is 3.42. The van der Waals surface area contributed by atoms with Gasteiger partial charge in [-0.15, -0.1) is 0 Å². The highest BCUT2D eigenvalue weighted by molar-refractivity contribution is 7.91. The van der Waals surface area contributed by atoms with Crippen molar-refractivity contribution >= 4 is 15.7 Å². The lowest BCUT2D eigenvalue weighted by Gasteiger charge is -2.20. The van der Waals surface area contributed by atoms with Gasteiger partial charge in [-0.2, -0.15) is 0 Å². The third kappa shape index (κ3) is 3.40. The van der Waals surface area contributed by atoms with E-state index in [0.29, 0.717) is 0 Å². The zero-order chi connectivity index (χ0) is 12.6. The number of nitrogens with one attached hydrogen (secondary N) is 2. The molecule has 0 aromatic carbocycles. The van der Waals surface area contributed by atoms with Gasteiger partial charge in [0.05, 0.1) is 23.7 Å². The molecule has 2 aliphatic rings. The Morgan fingerprint density at radius 1 is 1.35 bits per heavy atom. The summed E-state index contributed by atoms with van der Waals surface area (Å²) in [6, 6.07) is -0.743. The van der Waals surface area contributed by atoms with Gasteiger partial charge in [-0.1, -0.05) is 0 Å². The Hall–Kier alpha value is -0.660. The van der Waals surface area contributed by atoms with Crippen molar-refractivity contribution < 1.29 is 18.3 Å². The normalized spacial score (nSPS) is 33.3. The Labute approximate surface area is 101 Å². The molecule has 2 rings (SSSR count). The van der Waals surface area contributed by atoms with Gasteiger partial charge >= 0.3 is 0 Å². The number of rotatable bonds is 4. The largest absolute Gasteiger partial charge is 0.390 e. The van der Waals surface area contributed by atoms with Crippen molar-refractivity contribution in [1.29, 1.82) is 0 Å². The van der Waals surface area contributed by atoms with Crippen LogP contribution in [0.2, 0.25) is 0 Å². The number of aliphatic hydroxyl groups is 1. The molecule has 3 unspecified atom stereocenters. The van der Waals surface area contributed by atoms with Crippen molar-refractivity contribution in [3.63, 3.8) is 0 Å². The van der Waals surface area contributed by atoms with Gasteiger partial charge in [-0.05, 0) is 19.8 Å². The van der Waals surface area contributed by atoms with Crippen molar-refractivity contribution in [3.05, 3.63) is 0 Å². The lowest BCUT2D eigenvalue weighted by atomic mass is 10.2. The highest BCUT2D eigenvalue weighted by Gasteiger charge is 2.38. The van der Waals surface area contributed by atoms with Gasteiger partial charge in [0, 0.05) is 12.1 Å². The summed E-state index contributed by atoms with van der Waals surface area (Å²) in [4.78, 5) is 11.6. The Bertz CT molecular complexity index is 405. The van der Waals surface area contributed by atoms with E-state index in [1.807, 2.05) is 0 Å². The molecule has 0 bridgehead atoms. The summed E-state index contributed by atoms with van der Waals surface area (Å²) in [6.45, 7) is 1.68. The van der Waals surface area contributed by atoms with Gasteiger partial charge in [-0.3, -0.25) is 10.1 Å². The van der Waals surface area contributed by atoms with E-state index in [-0.39, 0.29) is 23.5 Å². The molecule has 7 heteroatoms. The molecule has 1 heterocycles. The molecule has 17 heavy (non-hydrogen) atoms. The molecular formula is C10H18N2O4S. The topological polar surface area (TPSA) is 95.5 Å². The molecule has 1 saturated heterocycles. The van der Waals surface area contributed by atoms with E-state index in [1.54, 1.807) is 6.92 Å². The zero-order valence-corrected chi connectivity index (χ0v) is 10.5. The van der Waals surface area contributed by atoms with E-state index in [1.165, 1.54) is 0 Å². The van der Waals surface area contributed by atoms with E-state index < -0.39 is 28.0 Å². The van der Waals surface area contributed by atoms with Crippen molar-refractivity contribution in [2.45, 2.75) is 44.0 Å². The van der Waals surface area contributed by atoms with E-state index >= 15 is 0 Å². The molecule has 1 saturated carbocycles. The lowest BCUT2D eigenvalue weighted by Crippen LogP contribution is -2.50. The summed E-state index contributed by atoms with van der Waals surface area (Å²) in [7, 11) is -3.17. The molecule has 1 aliphatic heterocycles. The predicted molar refractivity (Wildman–Crippen MR) is 62.2 cm³/mol. The average molecular weight is 262 g/mol. The Balaban J connectivity index is 1.85. The van der Waals surface area contributed by atoms with Gasteiger partial charge < -0.3 is 10.4 Å². The maximum Gasteiger partial charge on any atom is 0.237 e. The molecular weight excluding hydrogens is 244 g/mol. The number of hydrogen-bond acceptors (Lipinski definition) is 5. The minimum absolute atomic E-state index is 0.102. The van der Waals surface area contributed by atoms with Crippen LogP contribution < -0.4 is 10.6 Å². The van der Waals surface area contributed by atoms with Crippen molar-refractivity contribution in [2.75, 3.05) is 11.5 Å². The molecule has 6 nitrogen and oxygen atoms in total.